The van der Waals surface area contributed by atoms with Crippen LogP contribution in [0.4, 0.5) is 0 Å². The van der Waals surface area contributed by atoms with Gasteiger partial charge in [0, 0.05) is 12.0 Å². The highest BCUT2D eigenvalue weighted by Gasteiger charge is 2.14. The van der Waals surface area contributed by atoms with E-state index in [4.69, 9.17) is 0 Å². The monoisotopic (exact) mass is 437 g/mol. The van der Waals surface area contributed by atoms with Crippen molar-refractivity contribution in [1.82, 2.24) is 35.0 Å². The highest BCUT2D eigenvalue weighted by atomic mass is 16.2. The first-order valence-corrected chi connectivity index (χ1v) is 10.9. The second-order valence-corrected chi connectivity index (χ2v) is 7.77. The average molecular weight is 438 g/mol. The smallest absolute Gasteiger partial charge is 0.274 e. The molecule has 0 unspecified atom stereocenters. The molecule has 0 saturated heterocycles. The van der Waals surface area contributed by atoms with E-state index in [1.54, 1.807) is 9.25 Å². The van der Waals surface area contributed by atoms with E-state index in [1.807, 2.05) is 73.7 Å². The van der Waals surface area contributed by atoms with Gasteiger partial charge in [-0.25, -0.2) is 14.6 Å². The van der Waals surface area contributed by atoms with Crippen molar-refractivity contribution in [3.05, 3.63) is 106 Å². The Morgan fingerprint density at radius 1 is 0.818 bits per heavy atom. The molecular formula is C25H23N7O. The third-order valence-corrected chi connectivity index (χ3v) is 5.62. The zero-order valence-electron chi connectivity index (χ0n) is 18.2. The Kier molecular flexibility index (Phi) is 5.63. The van der Waals surface area contributed by atoms with Crippen LogP contribution in [0.3, 0.4) is 0 Å². The highest BCUT2D eigenvalue weighted by molar-refractivity contribution is 5.80. The summed E-state index contributed by atoms with van der Waals surface area (Å²) in [4.78, 5) is 13.1. The van der Waals surface area contributed by atoms with Gasteiger partial charge in [-0.1, -0.05) is 85.8 Å². The number of aromatic amines is 1. The van der Waals surface area contributed by atoms with Gasteiger partial charge in [0.05, 0.1) is 13.1 Å². The standard InChI is InChI=1S/C25H23N7O/c1-2-23-28-32(17-18-8-4-3-5-9-18)25(33)31(23)16-19-12-14-20(15-13-19)21-10-6-7-11-22(21)24-26-29-30-27-24/h3-15H,2,16-17H2,1H3,(H,26,27,29,30). The maximum absolute atomic E-state index is 13.1. The van der Waals surface area contributed by atoms with E-state index in [1.165, 1.54) is 0 Å². The number of benzene rings is 3. The topological polar surface area (TPSA) is 94.3 Å². The van der Waals surface area contributed by atoms with Crippen LogP contribution in [0.5, 0.6) is 0 Å². The molecule has 0 aliphatic heterocycles. The summed E-state index contributed by atoms with van der Waals surface area (Å²) in [5.41, 5.74) is 5.01. The van der Waals surface area contributed by atoms with Crippen LogP contribution in [0.25, 0.3) is 22.5 Å². The molecule has 3 aromatic carbocycles. The molecule has 1 N–H and O–H groups in total. The summed E-state index contributed by atoms with van der Waals surface area (Å²) in [7, 11) is 0. The van der Waals surface area contributed by atoms with Crippen LogP contribution < -0.4 is 5.69 Å². The summed E-state index contributed by atoms with van der Waals surface area (Å²) >= 11 is 0. The van der Waals surface area contributed by atoms with Gasteiger partial charge < -0.3 is 0 Å². The normalized spacial score (nSPS) is 11.1. The number of hydrogen-bond acceptors (Lipinski definition) is 5. The van der Waals surface area contributed by atoms with Crippen LogP contribution in [-0.2, 0) is 19.5 Å². The van der Waals surface area contributed by atoms with Crippen LogP contribution >= 0.6 is 0 Å². The number of aromatic nitrogens is 7. The van der Waals surface area contributed by atoms with Crippen molar-refractivity contribution >= 4 is 0 Å². The first-order valence-electron chi connectivity index (χ1n) is 10.9. The first kappa shape index (κ1) is 20.6. The molecular weight excluding hydrogens is 414 g/mol. The molecule has 0 atom stereocenters. The third kappa shape index (κ3) is 4.23. The zero-order valence-corrected chi connectivity index (χ0v) is 18.2. The van der Waals surface area contributed by atoms with Crippen molar-refractivity contribution in [2.24, 2.45) is 0 Å². The molecule has 2 heterocycles. The van der Waals surface area contributed by atoms with Gasteiger partial charge >= 0.3 is 5.69 Å². The van der Waals surface area contributed by atoms with E-state index in [0.717, 1.165) is 33.6 Å². The Morgan fingerprint density at radius 3 is 2.21 bits per heavy atom. The number of hydrogen-bond donors (Lipinski definition) is 1. The fourth-order valence-corrected chi connectivity index (χ4v) is 3.95. The first-order chi connectivity index (χ1) is 16.2. The summed E-state index contributed by atoms with van der Waals surface area (Å²) in [5, 5.41) is 18.8. The van der Waals surface area contributed by atoms with Crippen molar-refractivity contribution in [3.63, 3.8) is 0 Å². The molecule has 8 heteroatoms. The molecule has 33 heavy (non-hydrogen) atoms. The van der Waals surface area contributed by atoms with Gasteiger partial charge in [0.2, 0.25) is 0 Å². The summed E-state index contributed by atoms with van der Waals surface area (Å²) in [6.45, 7) is 2.96. The second kappa shape index (κ2) is 9.04. The van der Waals surface area contributed by atoms with Gasteiger partial charge in [0.25, 0.3) is 0 Å². The van der Waals surface area contributed by atoms with Gasteiger partial charge in [-0.3, -0.25) is 4.57 Å². The van der Waals surface area contributed by atoms with Crippen molar-refractivity contribution < 1.29 is 0 Å². The molecule has 0 spiro atoms. The Balaban J connectivity index is 1.41. The SMILES string of the molecule is CCc1nn(Cc2ccccc2)c(=O)n1Cc1ccc(-c2ccccc2-c2nnn[nH]2)cc1. The Bertz CT molecular complexity index is 1400. The number of H-pyrrole nitrogens is 1. The average Bonchev–Trinajstić information content (AvgIpc) is 3.50. The number of tetrazole rings is 1. The van der Waals surface area contributed by atoms with E-state index in [0.29, 0.717) is 25.3 Å². The minimum atomic E-state index is -0.0945. The molecule has 0 radical (unpaired) electrons. The van der Waals surface area contributed by atoms with Crippen molar-refractivity contribution in [3.8, 4) is 22.5 Å². The van der Waals surface area contributed by atoms with Crippen molar-refractivity contribution in [1.29, 1.82) is 0 Å². The number of nitrogens with zero attached hydrogens (tertiary/aromatic N) is 6. The molecule has 0 aliphatic carbocycles. The molecule has 5 rings (SSSR count). The van der Waals surface area contributed by atoms with E-state index in [-0.39, 0.29) is 5.69 Å². The minimum Gasteiger partial charge on any atom is -0.274 e. The molecule has 5 aromatic rings. The van der Waals surface area contributed by atoms with E-state index >= 15 is 0 Å². The van der Waals surface area contributed by atoms with Gasteiger partial charge in [0.15, 0.2) is 5.82 Å². The maximum Gasteiger partial charge on any atom is 0.346 e. The van der Waals surface area contributed by atoms with Crippen molar-refractivity contribution in [2.45, 2.75) is 26.4 Å². The third-order valence-electron chi connectivity index (χ3n) is 5.62. The van der Waals surface area contributed by atoms with E-state index in [9.17, 15) is 4.79 Å². The Labute approximate surface area is 190 Å². The van der Waals surface area contributed by atoms with Gasteiger partial charge in [-0.05, 0) is 32.7 Å². The van der Waals surface area contributed by atoms with Gasteiger partial charge in [-0.2, -0.15) is 5.10 Å². The van der Waals surface area contributed by atoms with Crippen LogP contribution in [0.15, 0.2) is 83.7 Å². The van der Waals surface area contributed by atoms with Gasteiger partial charge in [-0.15, -0.1) is 5.10 Å². The van der Waals surface area contributed by atoms with Crippen LogP contribution in [0.1, 0.15) is 23.9 Å². The molecule has 0 bridgehead atoms. The largest absolute Gasteiger partial charge is 0.346 e. The Hall–Kier alpha value is -4.33. The fourth-order valence-electron chi connectivity index (χ4n) is 3.95. The molecule has 0 amide bonds. The summed E-state index contributed by atoms with van der Waals surface area (Å²) in [6, 6.07) is 26.1. The lowest BCUT2D eigenvalue weighted by atomic mass is 9.98. The predicted molar refractivity (Wildman–Crippen MR) is 126 cm³/mol. The fraction of sp³-hybridized carbons (Fsp3) is 0.160. The lowest BCUT2D eigenvalue weighted by molar-refractivity contribution is 0.637. The van der Waals surface area contributed by atoms with E-state index < -0.39 is 0 Å². The molecule has 0 aliphatic rings. The zero-order chi connectivity index (χ0) is 22.6. The lowest BCUT2D eigenvalue weighted by Gasteiger charge is -2.09. The van der Waals surface area contributed by atoms with Gasteiger partial charge in [0.1, 0.15) is 5.82 Å². The molecule has 164 valence electrons. The second-order valence-electron chi connectivity index (χ2n) is 7.77. The highest BCUT2D eigenvalue weighted by Crippen LogP contribution is 2.29. The molecule has 2 aromatic heterocycles. The summed E-state index contributed by atoms with van der Waals surface area (Å²) in [6.07, 6.45) is 0.688. The molecule has 0 saturated carbocycles. The van der Waals surface area contributed by atoms with Crippen LogP contribution in [0, 0.1) is 0 Å². The molecule has 0 fully saturated rings. The van der Waals surface area contributed by atoms with E-state index in [2.05, 4.69) is 37.9 Å². The predicted octanol–water partition coefficient (Wildman–Crippen LogP) is 3.55. The summed E-state index contributed by atoms with van der Waals surface area (Å²) < 4.78 is 3.30. The maximum atomic E-state index is 13.1. The van der Waals surface area contributed by atoms with Crippen molar-refractivity contribution in [2.75, 3.05) is 0 Å². The molecule has 8 nitrogen and oxygen atoms in total. The summed E-state index contributed by atoms with van der Waals surface area (Å²) in [5.74, 6) is 1.41. The minimum absolute atomic E-state index is 0.0945. The number of rotatable bonds is 7. The Morgan fingerprint density at radius 2 is 1.52 bits per heavy atom. The number of aryl methyl sites for hydroxylation is 1. The quantitative estimate of drug-likeness (QED) is 0.420. The van der Waals surface area contributed by atoms with Crippen LogP contribution in [0.2, 0.25) is 0 Å². The lowest BCUT2D eigenvalue weighted by Crippen LogP contribution is -2.26. The number of nitrogens with one attached hydrogen (secondary N) is 1. The van der Waals surface area contributed by atoms with Crippen LogP contribution in [-0.4, -0.2) is 35.0 Å².